The van der Waals surface area contributed by atoms with Crippen LogP contribution in [0.25, 0.3) is 0 Å². The summed E-state index contributed by atoms with van der Waals surface area (Å²) >= 11 is 5.87. The number of ether oxygens (including phenoxy) is 1. The Labute approximate surface area is 199 Å². The fraction of sp³-hybridized carbons (Fsp3) is 0.519. The van der Waals surface area contributed by atoms with E-state index in [4.69, 9.17) is 17.0 Å². The maximum atomic E-state index is 5.87. The van der Waals surface area contributed by atoms with Crippen molar-refractivity contribution in [1.82, 2.24) is 4.90 Å². The Morgan fingerprint density at radius 3 is 2.78 bits per heavy atom. The number of anilines is 2. The minimum Gasteiger partial charge on any atom is -0.385 e. The van der Waals surface area contributed by atoms with Gasteiger partial charge in [-0.2, -0.15) is 0 Å². The smallest absolute Gasteiger partial charge is 0.173 e. The zero-order chi connectivity index (χ0) is 22.8. The Balaban J connectivity index is 1.74. The SMILES string of the molecule is CCCCN1CCCc2cc(CN(CCCOC)C(=S)Nc3ccccc3CC)ccc21. The Hall–Kier alpha value is -2.11. The molecular formula is C27H39N3OS. The van der Waals surface area contributed by atoms with Crippen LogP contribution in [0.3, 0.4) is 0 Å². The van der Waals surface area contributed by atoms with Crippen LogP contribution in [0.5, 0.6) is 0 Å². The van der Waals surface area contributed by atoms with Crippen molar-refractivity contribution in [1.29, 1.82) is 0 Å². The molecule has 0 amide bonds. The minimum atomic E-state index is 0.737. The lowest BCUT2D eigenvalue weighted by atomic mass is 9.98. The molecule has 0 unspecified atom stereocenters. The lowest BCUT2D eigenvalue weighted by molar-refractivity contribution is 0.185. The predicted octanol–water partition coefficient (Wildman–Crippen LogP) is 6.04. The highest BCUT2D eigenvalue weighted by Gasteiger charge is 2.18. The number of thiocarbonyl (C=S) groups is 1. The molecule has 174 valence electrons. The summed E-state index contributed by atoms with van der Waals surface area (Å²) in [6.45, 7) is 9.21. The molecule has 0 aromatic heterocycles. The van der Waals surface area contributed by atoms with Gasteiger partial charge in [-0.05, 0) is 73.1 Å². The summed E-state index contributed by atoms with van der Waals surface area (Å²) in [5.74, 6) is 0. The molecule has 3 rings (SSSR count). The third-order valence-corrected chi connectivity index (χ3v) is 6.58. The molecule has 1 heterocycles. The van der Waals surface area contributed by atoms with Crippen molar-refractivity contribution >= 4 is 28.7 Å². The molecule has 1 N–H and O–H groups in total. The van der Waals surface area contributed by atoms with Crippen molar-refractivity contribution in [2.24, 2.45) is 0 Å². The molecular weight excluding hydrogens is 414 g/mol. The second-order valence-corrected chi connectivity index (χ2v) is 9.00. The van der Waals surface area contributed by atoms with E-state index in [0.29, 0.717) is 0 Å². The number of hydrogen-bond acceptors (Lipinski definition) is 3. The Kier molecular flexibility index (Phi) is 9.82. The molecule has 0 atom stereocenters. The molecule has 2 aromatic rings. The zero-order valence-electron chi connectivity index (χ0n) is 20.0. The van der Waals surface area contributed by atoms with Gasteiger partial charge in [0.25, 0.3) is 0 Å². The average molecular weight is 454 g/mol. The van der Waals surface area contributed by atoms with Crippen LogP contribution in [0.4, 0.5) is 11.4 Å². The highest BCUT2D eigenvalue weighted by Crippen LogP contribution is 2.29. The summed E-state index contributed by atoms with van der Waals surface area (Å²) in [5, 5.41) is 4.29. The van der Waals surface area contributed by atoms with Gasteiger partial charge < -0.3 is 19.9 Å². The molecule has 0 saturated heterocycles. The maximum Gasteiger partial charge on any atom is 0.173 e. The number of nitrogens with zero attached hydrogens (tertiary/aromatic N) is 2. The van der Waals surface area contributed by atoms with E-state index in [1.54, 1.807) is 7.11 Å². The summed E-state index contributed by atoms with van der Waals surface area (Å²) in [4.78, 5) is 4.84. The third-order valence-electron chi connectivity index (χ3n) is 6.22. The molecule has 1 aliphatic rings. The summed E-state index contributed by atoms with van der Waals surface area (Å²) in [6, 6.07) is 15.4. The van der Waals surface area contributed by atoms with E-state index in [1.165, 1.54) is 54.6 Å². The van der Waals surface area contributed by atoms with Crippen LogP contribution >= 0.6 is 12.2 Å². The highest BCUT2D eigenvalue weighted by atomic mass is 32.1. The van der Waals surface area contributed by atoms with E-state index in [0.717, 1.165) is 49.9 Å². The number of hydrogen-bond donors (Lipinski definition) is 1. The second kappa shape index (κ2) is 12.8. The first kappa shape index (κ1) is 24.5. The molecule has 0 saturated carbocycles. The quantitative estimate of drug-likeness (QED) is 0.331. The number of fused-ring (bicyclic) bond motifs is 1. The summed E-state index contributed by atoms with van der Waals surface area (Å²) in [7, 11) is 1.76. The first-order valence-electron chi connectivity index (χ1n) is 12.2. The van der Waals surface area contributed by atoms with Gasteiger partial charge in [0.15, 0.2) is 5.11 Å². The predicted molar refractivity (Wildman–Crippen MR) is 141 cm³/mol. The molecule has 1 aliphatic heterocycles. The maximum absolute atomic E-state index is 5.87. The Morgan fingerprint density at radius 2 is 2.00 bits per heavy atom. The fourth-order valence-corrected chi connectivity index (χ4v) is 4.69. The van der Waals surface area contributed by atoms with Crippen LogP contribution in [0, 0.1) is 0 Å². The van der Waals surface area contributed by atoms with E-state index >= 15 is 0 Å². The summed E-state index contributed by atoms with van der Waals surface area (Å²) in [5.41, 5.74) is 6.63. The van der Waals surface area contributed by atoms with Gasteiger partial charge in [-0.3, -0.25) is 0 Å². The van der Waals surface area contributed by atoms with E-state index < -0.39 is 0 Å². The summed E-state index contributed by atoms with van der Waals surface area (Å²) < 4.78 is 5.30. The average Bonchev–Trinajstić information content (AvgIpc) is 2.82. The number of aryl methyl sites for hydroxylation is 2. The number of nitrogens with one attached hydrogen (secondary N) is 1. The van der Waals surface area contributed by atoms with Crippen molar-refractivity contribution in [3.05, 3.63) is 59.2 Å². The van der Waals surface area contributed by atoms with E-state index in [2.05, 4.69) is 71.4 Å². The van der Waals surface area contributed by atoms with Crippen molar-refractivity contribution in [2.45, 2.75) is 58.9 Å². The molecule has 32 heavy (non-hydrogen) atoms. The van der Waals surface area contributed by atoms with Crippen LogP contribution in [-0.2, 0) is 24.1 Å². The van der Waals surface area contributed by atoms with Gasteiger partial charge >= 0.3 is 0 Å². The van der Waals surface area contributed by atoms with Crippen LogP contribution in [0.15, 0.2) is 42.5 Å². The number of benzene rings is 2. The van der Waals surface area contributed by atoms with Gasteiger partial charge in [-0.1, -0.05) is 50.6 Å². The lowest BCUT2D eigenvalue weighted by Gasteiger charge is -2.32. The van der Waals surface area contributed by atoms with E-state index in [-0.39, 0.29) is 0 Å². The Bertz CT molecular complexity index is 870. The van der Waals surface area contributed by atoms with Crippen LogP contribution < -0.4 is 10.2 Å². The first-order valence-corrected chi connectivity index (χ1v) is 12.6. The van der Waals surface area contributed by atoms with Crippen LogP contribution in [0.1, 0.15) is 56.2 Å². The van der Waals surface area contributed by atoms with Crippen molar-refractivity contribution in [2.75, 3.05) is 43.6 Å². The van der Waals surface area contributed by atoms with Gasteiger partial charge in [0.05, 0.1) is 0 Å². The van der Waals surface area contributed by atoms with Crippen molar-refractivity contribution in [3.8, 4) is 0 Å². The van der Waals surface area contributed by atoms with Crippen LogP contribution in [0.2, 0.25) is 0 Å². The molecule has 0 fully saturated rings. The third kappa shape index (κ3) is 6.69. The lowest BCUT2D eigenvalue weighted by Crippen LogP contribution is -2.36. The van der Waals surface area contributed by atoms with Crippen molar-refractivity contribution in [3.63, 3.8) is 0 Å². The molecule has 0 bridgehead atoms. The highest BCUT2D eigenvalue weighted by molar-refractivity contribution is 7.80. The zero-order valence-corrected chi connectivity index (χ0v) is 20.8. The van der Waals surface area contributed by atoms with Gasteiger partial charge in [-0.25, -0.2) is 0 Å². The normalized spacial score (nSPS) is 13.0. The standard InChI is InChI=1S/C27H39N3OS/c1-4-6-16-29-17-9-12-24-20-22(14-15-26(24)29)21-30(18-10-19-31-3)27(32)28-25-13-8-7-11-23(25)5-2/h7-8,11,13-15,20H,4-6,9-10,12,16-19,21H2,1-3H3,(H,28,32). The number of rotatable bonds is 11. The van der Waals surface area contributed by atoms with Gasteiger partial charge in [0.1, 0.15) is 0 Å². The van der Waals surface area contributed by atoms with Gasteiger partial charge in [-0.15, -0.1) is 0 Å². The van der Waals surface area contributed by atoms with Gasteiger partial charge in [0.2, 0.25) is 0 Å². The largest absolute Gasteiger partial charge is 0.385 e. The monoisotopic (exact) mass is 453 g/mol. The molecule has 5 heteroatoms. The Morgan fingerprint density at radius 1 is 1.16 bits per heavy atom. The number of methoxy groups -OCH3 is 1. The first-order chi connectivity index (χ1) is 15.7. The topological polar surface area (TPSA) is 27.7 Å². The fourth-order valence-electron chi connectivity index (χ4n) is 4.43. The number of unbranched alkanes of at least 4 members (excludes halogenated alkanes) is 1. The second-order valence-electron chi connectivity index (χ2n) is 8.62. The van der Waals surface area contributed by atoms with Crippen LogP contribution in [-0.4, -0.2) is 43.4 Å². The minimum absolute atomic E-state index is 0.737. The van der Waals surface area contributed by atoms with Crippen molar-refractivity contribution < 1.29 is 4.74 Å². The molecule has 0 spiro atoms. The number of para-hydroxylation sites is 1. The molecule has 0 aliphatic carbocycles. The van der Waals surface area contributed by atoms with Gasteiger partial charge in [0, 0.05) is 51.3 Å². The molecule has 0 radical (unpaired) electrons. The molecule has 2 aromatic carbocycles. The van der Waals surface area contributed by atoms with E-state index in [1.807, 2.05) is 0 Å². The van der Waals surface area contributed by atoms with E-state index in [9.17, 15) is 0 Å². The summed E-state index contributed by atoms with van der Waals surface area (Å²) in [6.07, 6.45) is 6.84. The molecule has 4 nitrogen and oxygen atoms in total.